The highest BCUT2D eigenvalue weighted by molar-refractivity contribution is 5.98. The van der Waals surface area contributed by atoms with E-state index in [0.717, 1.165) is 22.4 Å². The molecule has 1 aliphatic heterocycles. The molecule has 174 valence electrons. The molecule has 1 amide bonds. The predicted octanol–water partition coefficient (Wildman–Crippen LogP) is 5.50. The second kappa shape index (κ2) is 10.5. The Morgan fingerprint density at radius 2 is 1.68 bits per heavy atom. The molecule has 2 atom stereocenters. The third-order valence-electron chi connectivity index (χ3n) is 6.75. The molecular formula is C29H30N2O3. The fraction of sp³-hybridized carbons (Fsp3) is 0.310. The molecule has 0 saturated heterocycles. The molecule has 34 heavy (non-hydrogen) atoms. The predicted molar refractivity (Wildman–Crippen MR) is 131 cm³/mol. The summed E-state index contributed by atoms with van der Waals surface area (Å²) in [7, 11) is 1.65. The Morgan fingerprint density at radius 3 is 2.38 bits per heavy atom. The van der Waals surface area contributed by atoms with Gasteiger partial charge in [0.2, 0.25) is 0 Å². The summed E-state index contributed by atoms with van der Waals surface area (Å²) in [5, 5.41) is 9.74. The van der Waals surface area contributed by atoms with Crippen molar-refractivity contribution in [3.63, 3.8) is 0 Å². The minimum atomic E-state index is -0.489. The Labute approximate surface area is 201 Å². The second-order valence-corrected chi connectivity index (χ2v) is 8.92. The molecule has 0 saturated carbocycles. The van der Waals surface area contributed by atoms with Crippen molar-refractivity contribution in [2.75, 3.05) is 13.7 Å². The quantitative estimate of drug-likeness (QED) is 0.401. The molecule has 0 spiro atoms. The van der Waals surface area contributed by atoms with Crippen molar-refractivity contribution in [2.24, 2.45) is 0 Å². The van der Waals surface area contributed by atoms with Crippen molar-refractivity contribution in [2.45, 2.75) is 44.4 Å². The molecule has 0 aliphatic carbocycles. The van der Waals surface area contributed by atoms with Crippen molar-refractivity contribution < 1.29 is 14.3 Å². The van der Waals surface area contributed by atoms with Crippen LogP contribution in [0.1, 0.15) is 46.8 Å². The molecule has 5 nitrogen and oxygen atoms in total. The molecule has 1 aliphatic rings. The maximum Gasteiger partial charge on any atom is 0.254 e. The lowest BCUT2D eigenvalue weighted by Crippen LogP contribution is -2.56. The smallest absolute Gasteiger partial charge is 0.254 e. The number of rotatable bonds is 9. The van der Waals surface area contributed by atoms with Crippen LogP contribution in [0.15, 0.2) is 78.9 Å². The zero-order valence-corrected chi connectivity index (χ0v) is 19.7. The van der Waals surface area contributed by atoms with Gasteiger partial charge in [-0.25, -0.2) is 0 Å². The van der Waals surface area contributed by atoms with Gasteiger partial charge in [-0.15, -0.1) is 0 Å². The van der Waals surface area contributed by atoms with Gasteiger partial charge < -0.3 is 14.4 Å². The Hall–Kier alpha value is -3.62. The first-order valence-electron chi connectivity index (χ1n) is 11.6. The van der Waals surface area contributed by atoms with Crippen molar-refractivity contribution in [1.82, 2.24) is 4.90 Å². The molecule has 1 heterocycles. The van der Waals surface area contributed by atoms with Crippen LogP contribution in [0.25, 0.3) is 0 Å². The highest BCUT2D eigenvalue weighted by Crippen LogP contribution is 2.43. The first-order valence-corrected chi connectivity index (χ1v) is 11.6. The van der Waals surface area contributed by atoms with Crippen LogP contribution in [0.4, 0.5) is 0 Å². The summed E-state index contributed by atoms with van der Waals surface area (Å²) in [6.45, 7) is 3.57. The molecule has 0 fully saturated rings. The van der Waals surface area contributed by atoms with Crippen LogP contribution >= 0.6 is 0 Å². The van der Waals surface area contributed by atoms with Gasteiger partial charge >= 0.3 is 0 Å². The van der Waals surface area contributed by atoms with Crippen molar-refractivity contribution in [1.29, 1.82) is 5.26 Å². The Balaban J connectivity index is 1.58. The molecule has 0 aromatic heterocycles. The topological polar surface area (TPSA) is 62.6 Å². The summed E-state index contributed by atoms with van der Waals surface area (Å²) in [6, 6.07) is 27.8. The fourth-order valence-electron chi connectivity index (χ4n) is 4.91. The molecule has 0 unspecified atom stereocenters. The van der Waals surface area contributed by atoms with Gasteiger partial charge in [-0.2, -0.15) is 5.26 Å². The first-order chi connectivity index (χ1) is 16.6. The number of benzene rings is 3. The zero-order valence-electron chi connectivity index (χ0n) is 19.7. The van der Waals surface area contributed by atoms with Gasteiger partial charge in [0.25, 0.3) is 5.91 Å². The lowest BCUT2D eigenvalue weighted by atomic mass is 9.67. The number of methoxy groups -OCH3 is 1. The van der Waals surface area contributed by atoms with E-state index in [1.54, 1.807) is 7.11 Å². The van der Waals surface area contributed by atoms with Gasteiger partial charge in [-0.1, -0.05) is 67.6 Å². The van der Waals surface area contributed by atoms with Gasteiger partial charge in [-0.05, 0) is 41.3 Å². The summed E-state index contributed by atoms with van der Waals surface area (Å²) < 4.78 is 11.2. The summed E-state index contributed by atoms with van der Waals surface area (Å²) in [5.41, 5.74) is 3.28. The van der Waals surface area contributed by atoms with E-state index >= 15 is 0 Å². The van der Waals surface area contributed by atoms with E-state index in [0.29, 0.717) is 38.2 Å². The fourth-order valence-corrected chi connectivity index (χ4v) is 4.91. The molecule has 0 radical (unpaired) electrons. The van der Waals surface area contributed by atoms with Gasteiger partial charge in [0.05, 0.1) is 19.8 Å². The van der Waals surface area contributed by atoms with Crippen molar-refractivity contribution >= 4 is 5.91 Å². The number of carbonyl (C=O) groups is 1. The second-order valence-electron chi connectivity index (χ2n) is 8.92. The summed E-state index contributed by atoms with van der Waals surface area (Å²) in [6.07, 6.45) is 0.965. The van der Waals surface area contributed by atoms with Crippen LogP contribution in [-0.4, -0.2) is 30.6 Å². The summed E-state index contributed by atoms with van der Waals surface area (Å²) in [5.74, 6) is 0.821. The van der Waals surface area contributed by atoms with Crippen LogP contribution < -0.4 is 4.74 Å². The number of carbonyl (C=O) groups excluding carboxylic acids is 1. The minimum Gasteiger partial charge on any atom is -0.497 e. The SMILES string of the molecule is COc1ccc(COCC[C@@H]2N(Cc3ccccc3)C(=O)c3ccccc3[C@]2(C)CC#N)cc1. The van der Waals surface area contributed by atoms with E-state index in [9.17, 15) is 10.1 Å². The van der Waals surface area contributed by atoms with E-state index in [2.05, 4.69) is 13.0 Å². The number of nitrogens with zero attached hydrogens (tertiary/aromatic N) is 2. The summed E-state index contributed by atoms with van der Waals surface area (Å²) in [4.78, 5) is 15.6. The van der Waals surface area contributed by atoms with Crippen LogP contribution in [0.3, 0.4) is 0 Å². The Bertz CT molecular complexity index is 1150. The van der Waals surface area contributed by atoms with E-state index in [1.165, 1.54) is 0 Å². The minimum absolute atomic E-state index is 0.00928. The molecular weight excluding hydrogens is 424 g/mol. The largest absolute Gasteiger partial charge is 0.497 e. The normalized spacial score (nSPS) is 19.4. The maximum atomic E-state index is 13.6. The number of ether oxygens (including phenoxy) is 2. The number of amides is 1. The molecule has 3 aromatic carbocycles. The van der Waals surface area contributed by atoms with E-state index in [-0.39, 0.29) is 11.9 Å². The van der Waals surface area contributed by atoms with E-state index in [4.69, 9.17) is 9.47 Å². The van der Waals surface area contributed by atoms with Crippen LogP contribution in [0.5, 0.6) is 5.75 Å². The average molecular weight is 455 g/mol. The number of hydrogen-bond acceptors (Lipinski definition) is 4. The molecule has 0 N–H and O–H groups in total. The number of hydrogen-bond donors (Lipinski definition) is 0. The highest BCUT2D eigenvalue weighted by atomic mass is 16.5. The van der Waals surface area contributed by atoms with E-state index < -0.39 is 5.41 Å². The monoisotopic (exact) mass is 454 g/mol. The van der Waals surface area contributed by atoms with Crippen LogP contribution in [-0.2, 0) is 23.3 Å². The third kappa shape index (κ3) is 4.83. The van der Waals surface area contributed by atoms with Gasteiger partial charge in [-0.3, -0.25) is 4.79 Å². The van der Waals surface area contributed by atoms with Crippen molar-refractivity contribution in [3.8, 4) is 11.8 Å². The van der Waals surface area contributed by atoms with Gasteiger partial charge in [0.15, 0.2) is 0 Å². The molecule has 4 rings (SSSR count). The zero-order chi connectivity index (χ0) is 24.0. The first kappa shape index (κ1) is 23.5. The number of fused-ring (bicyclic) bond motifs is 1. The van der Waals surface area contributed by atoms with E-state index in [1.807, 2.05) is 83.8 Å². The van der Waals surface area contributed by atoms with Crippen molar-refractivity contribution in [3.05, 3.63) is 101 Å². The lowest BCUT2D eigenvalue weighted by molar-refractivity contribution is 0.0341. The molecule has 3 aromatic rings. The standard InChI is InChI=1S/C29H30N2O3/c1-29(17-18-30)26-11-7-6-10-25(26)28(32)31(20-22-8-4-3-5-9-22)27(29)16-19-34-21-23-12-14-24(33-2)15-13-23/h3-15,27H,16-17,19-21H2,1-2H3/t27-,29-/m0/s1. The highest BCUT2D eigenvalue weighted by Gasteiger charge is 2.47. The summed E-state index contributed by atoms with van der Waals surface area (Å²) >= 11 is 0. The number of nitriles is 1. The van der Waals surface area contributed by atoms with Crippen LogP contribution in [0, 0.1) is 11.3 Å². The third-order valence-corrected chi connectivity index (χ3v) is 6.75. The molecule has 0 bridgehead atoms. The van der Waals surface area contributed by atoms with Gasteiger partial charge in [0, 0.05) is 36.6 Å². The Kier molecular flexibility index (Phi) is 7.30. The maximum absolute atomic E-state index is 13.6. The van der Waals surface area contributed by atoms with Gasteiger partial charge in [0.1, 0.15) is 5.75 Å². The molecule has 5 heteroatoms. The van der Waals surface area contributed by atoms with Crippen LogP contribution in [0.2, 0.25) is 0 Å². The Morgan fingerprint density at radius 1 is 0.971 bits per heavy atom. The lowest BCUT2D eigenvalue weighted by Gasteiger charge is -2.48. The average Bonchev–Trinajstić information content (AvgIpc) is 2.87.